The molecule has 1 atom stereocenters. The minimum Gasteiger partial charge on any atom is -0.358 e. The average Bonchev–Trinajstić information content (AvgIpc) is 2.41. The fourth-order valence-corrected chi connectivity index (χ4v) is 1.77. The lowest BCUT2D eigenvalue weighted by Crippen LogP contribution is -2.39. The van der Waals surface area contributed by atoms with E-state index in [0.29, 0.717) is 18.3 Å². The quantitative estimate of drug-likeness (QED) is 0.834. The van der Waals surface area contributed by atoms with Crippen molar-refractivity contribution >= 4 is 33.6 Å². The van der Waals surface area contributed by atoms with Crippen molar-refractivity contribution in [1.29, 1.82) is 0 Å². The van der Waals surface area contributed by atoms with Gasteiger partial charge in [-0.05, 0) is 36.7 Å². The Hall–Kier alpha value is -1.37. The molecule has 0 fully saturated rings. The molecule has 0 saturated carbocycles. The average molecular weight is 330 g/mol. The Kier molecular flexibility index (Phi) is 6.01. The van der Waals surface area contributed by atoms with Gasteiger partial charge in [-0.2, -0.15) is 4.98 Å². The number of anilines is 2. The van der Waals surface area contributed by atoms with Gasteiger partial charge in [0.2, 0.25) is 11.9 Å². The maximum Gasteiger partial charge on any atom is 0.244 e. The summed E-state index contributed by atoms with van der Waals surface area (Å²) in [6.45, 7) is 7.15. The zero-order valence-electron chi connectivity index (χ0n) is 11.7. The van der Waals surface area contributed by atoms with Crippen LogP contribution in [0, 0.1) is 0 Å². The minimum atomic E-state index is -0.342. The third-order valence-electron chi connectivity index (χ3n) is 2.65. The molecular formula is C12H20BrN5O. The molecule has 0 bridgehead atoms. The van der Waals surface area contributed by atoms with Crippen LogP contribution in [-0.2, 0) is 4.79 Å². The van der Waals surface area contributed by atoms with Gasteiger partial charge < -0.3 is 15.5 Å². The van der Waals surface area contributed by atoms with Crippen LogP contribution in [-0.4, -0.2) is 47.0 Å². The van der Waals surface area contributed by atoms with E-state index in [1.165, 1.54) is 0 Å². The van der Waals surface area contributed by atoms with E-state index in [-0.39, 0.29) is 11.9 Å². The Labute approximate surface area is 122 Å². The summed E-state index contributed by atoms with van der Waals surface area (Å²) < 4.78 is 0.730. The van der Waals surface area contributed by atoms with Gasteiger partial charge in [0.05, 0.1) is 4.47 Å². The molecule has 6 nitrogen and oxygen atoms in total. The number of likely N-dealkylation sites (N-methyl/N-ethyl adjacent to an activating group) is 1. The number of hydrogen-bond acceptors (Lipinski definition) is 5. The number of nitrogens with one attached hydrogen (secondary N) is 2. The van der Waals surface area contributed by atoms with E-state index < -0.39 is 0 Å². The van der Waals surface area contributed by atoms with E-state index in [1.807, 2.05) is 20.8 Å². The van der Waals surface area contributed by atoms with Crippen LogP contribution in [0.2, 0.25) is 0 Å². The molecule has 1 aromatic heterocycles. The highest BCUT2D eigenvalue weighted by Crippen LogP contribution is 2.21. The fourth-order valence-electron chi connectivity index (χ4n) is 1.46. The van der Waals surface area contributed by atoms with Crippen molar-refractivity contribution in [2.24, 2.45) is 0 Å². The highest BCUT2D eigenvalue weighted by Gasteiger charge is 2.18. The normalized spacial score (nSPS) is 11.8. The van der Waals surface area contributed by atoms with Gasteiger partial charge in [0, 0.05) is 26.3 Å². The zero-order chi connectivity index (χ0) is 14.4. The number of carbonyl (C=O) groups excluding carboxylic acids is 1. The Morgan fingerprint density at radius 3 is 2.79 bits per heavy atom. The van der Waals surface area contributed by atoms with Crippen LogP contribution in [0.5, 0.6) is 0 Å². The highest BCUT2D eigenvalue weighted by molar-refractivity contribution is 9.10. The maximum atomic E-state index is 12.0. The van der Waals surface area contributed by atoms with Crippen molar-refractivity contribution in [2.75, 3.05) is 30.8 Å². The Bertz CT molecular complexity index is 440. The number of rotatable bonds is 6. The topological polar surface area (TPSA) is 70.2 Å². The molecule has 0 aliphatic heterocycles. The number of nitrogens with zero attached hydrogens (tertiary/aromatic N) is 3. The lowest BCUT2D eigenvalue weighted by Gasteiger charge is -2.21. The zero-order valence-corrected chi connectivity index (χ0v) is 13.3. The van der Waals surface area contributed by atoms with Gasteiger partial charge in [-0.3, -0.25) is 4.79 Å². The molecular weight excluding hydrogens is 310 g/mol. The summed E-state index contributed by atoms with van der Waals surface area (Å²) in [6, 6.07) is -0.342. The van der Waals surface area contributed by atoms with Gasteiger partial charge in [-0.25, -0.2) is 4.98 Å². The summed E-state index contributed by atoms with van der Waals surface area (Å²) >= 11 is 3.37. The molecule has 0 radical (unpaired) electrons. The Balaban J connectivity index is 2.80. The van der Waals surface area contributed by atoms with Crippen LogP contribution in [0.4, 0.5) is 11.8 Å². The first-order valence-corrected chi connectivity index (χ1v) is 7.06. The number of hydrogen-bond donors (Lipinski definition) is 2. The lowest BCUT2D eigenvalue weighted by atomic mass is 10.3. The first kappa shape index (κ1) is 15.7. The summed E-state index contributed by atoms with van der Waals surface area (Å²) in [7, 11) is 1.78. The van der Waals surface area contributed by atoms with Crippen LogP contribution < -0.4 is 10.6 Å². The molecule has 0 aliphatic carbocycles. The van der Waals surface area contributed by atoms with Crippen molar-refractivity contribution in [3.8, 4) is 0 Å². The fraction of sp³-hybridized carbons (Fsp3) is 0.583. The first-order chi connectivity index (χ1) is 8.99. The molecule has 106 valence electrons. The Morgan fingerprint density at radius 1 is 1.53 bits per heavy atom. The van der Waals surface area contributed by atoms with Crippen LogP contribution in [0.1, 0.15) is 20.8 Å². The molecule has 1 rings (SSSR count). The van der Waals surface area contributed by atoms with Crippen LogP contribution >= 0.6 is 15.9 Å². The van der Waals surface area contributed by atoms with Crippen molar-refractivity contribution in [3.05, 3.63) is 10.7 Å². The number of carbonyl (C=O) groups is 1. The number of amides is 1. The predicted molar refractivity (Wildman–Crippen MR) is 80.3 cm³/mol. The minimum absolute atomic E-state index is 0.0259. The molecule has 19 heavy (non-hydrogen) atoms. The number of aromatic nitrogens is 2. The van der Waals surface area contributed by atoms with Gasteiger partial charge >= 0.3 is 0 Å². The monoisotopic (exact) mass is 329 g/mol. The van der Waals surface area contributed by atoms with Gasteiger partial charge in [-0.15, -0.1) is 0 Å². The maximum absolute atomic E-state index is 12.0. The molecule has 0 spiro atoms. The van der Waals surface area contributed by atoms with Crippen molar-refractivity contribution < 1.29 is 4.79 Å². The second-order valence-corrected chi connectivity index (χ2v) is 4.99. The van der Waals surface area contributed by atoms with Crippen LogP contribution in [0.3, 0.4) is 0 Å². The van der Waals surface area contributed by atoms with E-state index in [9.17, 15) is 4.79 Å². The molecule has 2 N–H and O–H groups in total. The van der Waals surface area contributed by atoms with E-state index in [4.69, 9.17) is 0 Å². The summed E-state index contributed by atoms with van der Waals surface area (Å²) in [5, 5.41) is 6.13. The summed E-state index contributed by atoms with van der Waals surface area (Å²) in [6.07, 6.45) is 1.66. The third-order valence-corrected chi connectivity index (χ3v) is 3.23. The van der Waals surface area contributed by atoms with Gasteiger partial charge in [0.25, 0.3) is 0 Å². The van der Waals surface area contributed by atoms with Gasteiger partial charge in [0.1, 0.15) is 11.9 Å². The standard InChI is InChI=1S/C12H20BrN5O/c1-5-14-12-15-7-9(13)10(17-12)16-8(3)11(19)18(4)6-2/h7-8H,5-6H2,1-4H3,(H2,14,15,16,17). The molecule has 1 aromatic rings. The highest BCUT2D eigenvalue weighted by atomic mass is 79.9. The third kappa shape index (κ3) is 4.34. The predicted octanol–water partition coefficient (Wildman–Crippen LogP) is 1.95. The van der Waals surface area contributed by atoms with Crippen molar-refractivity contribution in [2.45, 2.75) is 26.8 Å². The summed E-state index contributed by atoms with van der Waals surface area (Å²) in [5.41, 5.74) is 0. The summed E-state index contributed by atoms with van der Waals surface area (Å²) in [5.74, 6) is 1.17. The summed E-state index contributed by atoms with van der Waals surface area (Å²) in [4.78, 5) is 22.1. The molecule has 0 saturated heterocycles. The van der Waals surface area contributed by atoms with E-state index in [2.05, 4.69) is 36.5 Å². The largest absolute Gasteiger partial charge is 0.358 e. The second kappa shape index (κ2) is 7.28. The molecule has 1 heterocycles. The first-order valence-electron chi connectivity index (χ1n) is 6.27. The SMILES string of the molecule is CCNc1ncc(Br)c(NC(C)C(=O)N(C)CC)n1. The molecule has 0 aromatic carbocycles. The molecule has 1 unspecified atom stereocenters. The molecule has 0 aliphatic rings. The van der Waals surface area contributed by atoms with Gasteiger partial charge in [0.15, 0.2) is 0 Å². The smallest absolute Gasteiger partial charge is 0.244 e. The molecule has 7 heteroatoms. The van der Waals surface area contributed by atoms with E-state index in [1.54, 1.807) is 18.1 Å². The lowest BCUT2D eigenvalue weighted by molar-refractivity contribution is -0.130. The van der Waals surface area contributed by atoms with Gasteiger partial charge in [-0.1, -0.05) is 0 Å². The van der Waals surface area contributed by atoms with Crippen molar-refractivity contribution in [1.82, 2.24) is 14.9 Å². The number of halogens is 1. The van der Waals surface area contributed by atoms with Crippen LogP contribution in [0.25, 0.3) is 0 Å². The van der Waals surface area contributed by atoms with E-state index >= 15 is 0 Å². The second-order valence-electron chi connectivity index (χ2n) is 4.14. The van der Waals surface area contributed by atoms with Crippen molar-refractivity contribution in [3.63, 3.8) is 0 Å². The van der Waals surface area contributed by atoms with Crippen LogP contribution in [0.15, 0.2) is 10.7 Å². The Morgan fingerprint density at radius 2 is 2.21 bits per heavy atom. The molecule has 1 amide bonds. The van der Waals surface area contributed by atoms with E-state index in [0.717, 1.165) is 11.0 Å².